The van der Waals surface area contributed by atoms with Gasteiger partial charge in [-0.1, -0.05) is 43.3 Å². The molecule has 3 heteroatoms. The Kier molecular flexibility index (Phi) is 8.13. The summed E-state index contributed by atoms with van der Waals surface area (Å²) in [4.78, 5) is 13.8. The number of Topliss-reactive ketones (excluding diaryl/α,β-unsaturated/α-hetero) is 1. The van der Waals surface area contributed by atoms with E-state index in [4.69, 9.17) is 4.42 Å². The maximum atomic E-state index is 10.9. The number of aromatic amines is 1. The van der Waals surface area contributed by atoms with Crippen LogP contribution in [0.5, 0.6) is 0 Å². The Hall–Kier alpha value is -2.55. The minimum absolute atomic E-state index is 0.113. The van der Waals surface area contributed by atoms with Crippen LogP contribution in [0.4, 0.5) is 0 Å². The molecule has 0 amide bonds. The average molecular weight is 297 g/mol. The predicted octanol–water partition coefficient (Wildman–Crippen LogP) is 5.05. The average Bonchev–Trinajstić information content (AvgIpc) is 3.21. The Balaban J connectivity index is 0.000000174. The van der Waals surface area contributed by atoms with E-state index in [9.17, 15) is 4.79 Å². The standard InChI is InChI=1S/C8H11NO.C6H6.C5H6O/c1-3-7-4-5-9-8(7)6(2)10;1-2-4-6-5-3-1;1-5-3-2-4-6-5/h4-5,9H,3H2,1-2H3;1-6H;2-4H,1H3. The summed E-state index contributed by atoms with van der Waals surface area (Å²) >= 11 is 0. The van der Waals surface area contributed by atoms with Crippen molar-refractivity contribution in [1.82, 2.24) is 4.98 Å². The molecule has 2 aromatic heterocycles. The molecule has 116 valence electrons. The van der Waals surface area contributed by atoms with Crippen molar-refractivity contribution in [3.05, 3.63) is 84.1 Å². The largest absolute Gasteiger partial charge is 0.470 e. The van der Waals surface area contributed by atoms with Crippen LogP contribution in [-0.2, 0) is 6.42 Å². The van der Waals surface area contributed by atoms with Gasteiger partial charge < -0.3 is 9.40 Å². The lowest BCUT2D eigenvalue weighted by molar-refractivity contribution is 0.101. The van der Waals surface area contributed by atoms with Crippen molar-refractivity contribution >= 4 is 5.78 Å². The van der Waals surface area contributed by atoms with Crippen molar-refractivity contribution in [3.8, 4) is 0 Å². The molecule has 3 nitrogen and oxygen atoms in total. The van der Waals surface area contributed by atoms with Gasteiger partial charge in [0.15, 0.2) is 5.78 Å². The van der Waals surface area contributed by atoms with Gasteiger partial charge in [-0.05, 0) is 37.1 Å². The fourth-order valence-corrected chi connectivity index (χ4v) is 1.77. The van der Waals surface area contributed by atoms with Gasteiger partial charge in [-0.15, -0.1) is 0 Å². The van der Waals surface area contributed by atoms with E-state index < -0.39 is 0 Å². The Morgan fingerprint density at radius 2 is 1.64 bits per heavy atom. The van der Waals surface area contributed by atoms with E-state index in [0.29, 0.717) is 0 Å². The molecule has 0 atom stereocenters. The minimum Gasteiger partial charge on any atom is -0.470 e. The molecule has 1 aromatic carbocycles. The van der Waals surface area contributed by atoms with Gasteiger partial charge in [-0.3, -0.25) is 4.79 Å². The Bertz CT molecular complexity index is 598. The fraction of sp³-hybridized carbons (Fsp3) is 0.211. The summed E-state index contributed by atoms with van der Waals surface area (Å²) < 4.78 is 4.83. The summed E-state index contributed by atoms with van der Waals surface area (Å²) in [5, 5.41) is 0. The van der Waals surface area contributed by atoms with Crippen LogP contribution < -0.4 is 0 Å². The number of H-pyrrole nitrogens is 1. The minimum atomic E-state index is 0.113. The summed E-state index contributed by atoms with van der Waals surface area (Å²) in [6.07, 6.45) is 4.38. The van der Waals surface area contributed by atoms with Crippen LogP contribution in [0.2, 0.25) is 0 Å². The van der Waals surface area contributed by atoms with Gasteiger partial charge in [0.2, 0.25) is 0 Å². The van der Waals surface area contributed by atoms with E-state index in [-0.39, 0.29) is 5.78 Å². The predicted molar refractivity (Wildman–Crippen MR) is 90.1 cm³/mol. The number of aryl methyl sites for hydroxylation is 2. The zero-order chi connectivity index (χ0) is 16.2. The Morgan fingerprint density at radius 1 is 1.05 bits per heavy atom. The monoisotopic (exact) mass is 297 g/mol. The SMILES string of the molecule is CCc1cc[nH]c1C(C)=O.Cc1ccco1.c1ccccc1. The number of hydrogen-bond donors (Lipinski definition) is 1. The number of nitrogens with one attached hydrogen (secondary N) is 1. The van der Waals surface area contributed by atoms with Crippen LogP contribution in [0.15, 0.2) is 71.5 Å². The summed E-state index contributed by atoms with van der Waals surface area (Å²) in [5.74, 6) is 1.08. The summed E-state index contributed by atoms with van der Waals surface area (Å²) in [6.45, 7) is 5.53. The highest BCUT2D eigenvalue weighted by Crippen LogP contribution is 2.07. The van der Waals surface area contributed by atoms with Crippen molar-refractivity contribution in [3.63, 3.8) is 0 Å². The van der Waals surface area contributed by atoms with Gasteiger partial charge >= 0.3 is 0 Å². The van der Waals surface area contributed by atoms with Crippen LogP contribution in [0, 0.1) is 6.92 Å². The molecule has 0 saturated heterocycles. The third-order valence-electron chi connectivity index (χ3n) is 2.90. The number of rotatable bonds is 2. The zero-order valence-corrected chi connectivity index (χ0v) is 13.4. The van der Waals surface area contributed by atoms with Gasteiger partial charge in [0.1, 0.15) is 5.76 Å². The highest BCUT2D eigenvalue weighted by atomic mass is 16.3. The highest BCUT2D eigenvalue weighted by molar-refractivity contribution is 5.93. The molecule has 3 aromatic rings. The third kappa shape index (κ3) is 6.75. The molecule has 3 rings (SSSR count). The number of ketones is 1. The van der Waals surface area contributed by atoms with Crippen molar-refractivity contribution in [2.45, 2.75) is 27.2 Å². The third-order valence-corrected chi connectivity index (χ3v) is 2.90. The molecule has 0 radical (unpaired) electrons. The van der Waals surface area contributed by atoms with E-state index >= 15 is 0 Å². The molecule has 0 bridgehead atoms. The van der Waals surface area contributed by atoms with Crippen molar-refractivity contribution in [1.29, 1.82) is 0 Å². The number of aromatic nitrogens is 1. The van der Waals surface area contributed by atoms with Gasteiger partial charge in [0, 0.05) is 13.1 Å². The Labute approximate surface area is 132 Å². The first-order chi connectivity index (χ1) is 10.6. The van der Waals surface area contributed by atoms with Crippen LogP contribution in [-0.4, -0.2) is 10.8 Å². The molecule has 1 N–H and O–H groups in total. The maximum Gasteiger partial charge on any atom is 0.176 e. The highest BCUT2D eigenvalue weighted by Gasteiger charge is 2.04. The van der Waals surface area contributed by atoms with Crippen molar-refractivity contribution < 1.29 is 9.21 Å². The van der Waals surface area contributed by atoms with Crippen molar-refractivity contribution in [2.75, 3.05) is 0 Å². The normalized spacial score (nSPS) is 9.05. The molecule has 0 fully saturated rings. The van der Waals surface area contributed by atoms with E-state index in [0.717, 1.165) is 23.4 Å². The van der Waals surface area contributed by atoms with E-state index in [1.807, 2.05) is 68.4 Å². The van der Waals surface area contributed by atoms with Crippen molar-refractivity contribution in [2.24, 2.45) is 0 Å². The van der Waals surface area contributed by atoms with Crippen LogP contribution in [0.3, 0.4) is 0 Å². The van der Waals surface area contributed by atoms with E-state index in [1.165, 1.54) is 0 Å². The van der Waals surface area contributed by atoms with Crippen LogP contribution in [0.25, 0.3) is 0 Å². The molecule has 0 aliphatic rings. The zero-order valence-electron chi connectivity index (χ0n) is 13.4. The lowest BCUT2D eigenvalue weighted by atomic mass is 10.1. The van der Waals surface area contributed by atoms with Gasteiger partial charge in [0.05, 0.1) is 12.0 Å². The van der Waals surface area contributed by atoms with E-state index in [2.05, 4.69) is 4.98 Å². The quantitative estimate of drug-likeness (QED) is 0.672. The number of carbonyl (C=O) groups is 1. The molecule has 0 aliphatic heterocycles. The number of benzene rings is 1. The molecular weight excluding hydrogens is 274 g/mol. The van der Waals surface area contributed by atoms with Gasteiger partial charge in [0.25, 0.3) is 0 Å². The second kappa shape index (κ2) is 10.2. The number of carbonyl (C=O) groups excluding carboxylic acids is 1. The summed E-state index contributed by atoms with van der Waals surface area (Å²) in [6, 6.07) is 17.7. The molecule has 0 unspecified atom stereocenters. The topological polar surface area (TPSA) is 46.0 Å². The Morgan fingerprint density at radius 3 is 1.91 bits per heavy atom. The lowest BCUT2D eigenvalue weighted by Crippen LogP contribution is -1.95. The second-order valence-corrected chi connectivity index (χ2v) is 4.67. The lowest BCUT2D eigenvalue weighted by Gasteiger charge is -1.93. The van der Waals surface area contributed by atoms with Crippen LogP contribution in [0.1, 0.15) is 35.7 Å². The van der Waals surface area contributed by atoms with Crippen LogP contribution >= 0.6 is 0 Å². The first-order valence-electron chi connectivity index (χ1n) is 7.32. The first-order valence-corrected chi connectivity index (χ1v) is 7.32. The van der Waals surface area contributed by atoms with Gasteiger partial charge in [-0.2, -0.15) is 0 Å². The van der Waals surface area contributed by atoms with E-state index in [1.54, 1.807) is 19.4 Å². The summed E-state index contributed by atoms with van der Waals surface area (Å²) in [5.41, 5.74) is 1.86. The molecule has 2 heterocycles. The molecular formula is C19H23NO2. The smallest absolute Gasteiger partial charge is 0.176 e. The maximum absolute atomic E-state index is 10.9. The molecule has 0 spiro atoms. The molecule has 0 saturated carbocycles. The molecule has 22 heavy (non-hydrogen) atoms. The molecule has 0 aliphatic carbocycles. The number of hydrogen-bond acceptors (Lipinski definition) is 2. The first kappa shape index (κ1) is 17.5. The summed E-state index contributed by atoms with van der Waals surface area (Å²) in [7, 11) is 0. The number of furan rings is 1. The van der Waals surface area contributed by atoms with Gasteiger partial charge in [-0.25, -0.2) is 0 Å². The fourth-order valence-electron chi connectivity index (χ4n) is 1.77. The second-order valence-electron chi connectivity index (χ2n) is 4.67.